The normalized spacial score (nSPS) is 12.8. The zero-order chi connectivity index (χ0) is 13.4. The number of nitrogens with zero attached hydrogens (tertiary/aromatic N) is 1. The lowest BCUT2D eigenvalue weighted by Crippen LogP contribution is -2.31. The first-order valence-corrected chi connectivity index (χ1v) is 8.45. The molecule has 0 aromatic heterocycles. The van der Waals surface area contributed by atoms with Gasteiger partial charge in [-0.3, -0.25) is 0 Å². The van der Waals surface area contributed by atoms with Crippen LogP contribution in [-0.4, -0.2) is 25.8 Å². The summed E-state index contributed by atoms with van der Waals surface area (Å²) in [4.78, 5) is 3.60. The minimum atomic E-state index is -3.46. The van der Waals surface area contributed by atoms with Crippen LogP contribution in [0.4, 0.5) is 0 Å². The van der Waals surface area contributed by atoms with Gasteiger partial charge >= 0.3 is 0 Å². The van der Waals surface area contributed by atoms with E-state index < -0.39 is 10.0 Å². The van der Waals surface area contributed by atoms with Gasteiger partial charge in [0.15, 0.2) is 0 Å². The first-order valence-electron chi connectivity index (χ1n) is 5.18. The van der Waals surface area contributed by atoms with Crippen molar-refractivity contribution in [2.24, 2.45) is 0 Å². The molecule has 1 aromatic carbocycles. The molecule has 0 aliphatic heterocycles. The van der Waals surface area contributed by atoms with Gasteiger partial charge in [-0.15, -0.1) is 0 Å². The standard InChI is InChI=1S/C12H13Br2NO2S/c13-8-4-10-15(11-5-9-14)18(16,17)12-6-2-1-3-7-12/h1-9H,10-11H2/b8-4+,9-5+. The predicted octanol–water partition coefficient (Wildman–Crippen LogP) is 3.49. The minimum absolute atomic E-state index is 0.302. The van der Waals surface area contributed by atoms with Crippen LogP contribution >= 0.6 is 31.9 Å². The van der Waals surface area contributed by atoms with Crippen LogP contribution in [0, 0.1) is 0 Å². The van der Waals surface area contributed by atoms with Gasteiger partial charge in [0.1, 0.15) is 0 Å². The quantitative estimate of drug-likeness (QED) is 0.740. The molecule has 0 amide bonds. The van der Waals surface area contributed by atoms with E-state index in [2.05, 4.69) is 31.9 Å². The molecule has 98 valence electrons. The summed E-state index contributed by atoms with van der Waals surface area (Å²) in [6, 6.07) is 8.41. The van der Waals surface area contributed by atoms with E-state index in [9.17, 15) is 8.42 Å². The van der Waals surface area contributed by atoms with Crippen molar-refractivity contribution in [3.8, 4) is 0 Å². The van der Waals surface area contributed by atoms with Gasteiger partial charge in [0, 0.05) is 13.1 Å². The van der Waals surface area contributed by atoms with E-state index in [1.807, 2.05) is 0 Å². The monoisotopic (exact) mass is 393 g/mol. The fourth-order valence-corrected chi connectivity index (χ4v) is 3.03. The van der Waals surface area contributed by atoms with Crippen LogP contribution in [-0.2, 0) is 10.0 Å². The van der Waals surface area contributed by atoms with E-state index in [4.69, 9.17) is 0 Å². The minimum Gasteiger partial charge on any atom is -0.207 e. The van der Waals surface area contributed by atoms with Crippen molar-refractivity contribution >= 4 is 41.9 Å². The summed E-state index contributed by atoms with van der Waals surface area (Å²) in [6.45, 7) is 0.639. The molecule has 0 bridgehead atoms. The Morgan fingerprint density at radius 2 is 1.50 bits per heavy atom. The zero-order valence-corrected chi connectivity index (χ0v) is 13.5. The van der Waals surface area contributed by atoms with Crippen molar-refractivity contribution in [2.45, 2.75) is 4.90 Å². The average Bonchev–Trinajstić information content (AvgIpc) is 2.39. The number of sulfonamides is 1. The lowest BCUT2D eigenvalue weighted by Gasteiger charge is -2.18. The predicted molar refractivity (Wildman–Crippen MR) is 81.3 cm³/mol. The topological polar surface area (TPSA) is 37.4 Å². The SMILES string of the molecule is O=S(=O)(c1ccccc1)N(C/C=C/Br)C/C=C/Br. The maximum atomic E-state index is 12.4. The largest absolute Gasteiger partial charge is 0.243 e. The van der Waals surface area contributed by atoms with Crippen LogP contribution in [0.15, 0.2) is 57.3 Å². The summed E-state index contributed by atoms with van der Waals surface area (Å²) < 4.78 is 26.1. The summed E-state index contributed by atoms with van der Waals surface area (Å²) in [6.07, 6.45) is 3.48. The Kier molecular flexibility index (Phi) is 6.85. The summed E-state index contributed by atoms with van der Waals surface area (Å²) in [5, 5.41) is 0. The fourth-order valence-electron chi connectivity index (χ4n) is 1.33. The van der Waals surface area contributed by atoms with Crippen LogP contribution in [0.2, 0.25) is 0 Å². The van der Waals surface area contributed by atoms with Gasteiger partial charge in [0.25, 0.3) is 0 Å². The molecule has 0 spiro atoms. The lowest BCUT2D eigenvalue weighted by molar-refractivity contribution is 0.474. The smallest absolute Gasteiger partial charge is 0.207 e. The highest BCUT2D eigenvalue weighted by Gasteiger charge is 2.21. The van der Waals surface area contributed by atoms with E-state index >= 15 is 0 Å². The average molecular weight is 395 g/mol. The second kappa shape index (κ2) is 7.89. The van der Waals surface area contributed by atoms with Crippen LogP contribution in [0.3, 0.4) is 0 Å². The van der Waals surface area contributed by atoms with Crippen molar-refractivity contribution in [1.82, 2.24) is 4.31 Å². The van der Waals surface area contributed by atoms with Gasteiger partial charge in [-0.1, -0.05) is 62.2 Å². The third kappa shape index (κ3) is 4.35. The summed E-state index contributed by atoms with van der Waals surface area (Å²) in [5.74, 6) is 0. The van der Waals surface area contributed by atoms with Gasteiger partial charge in [-0.05, 0) is 22.1 Å². The maximum Gasteiger partial charge on any atom is 0.243 e. The molecule has 0 radical (unpaired) electrons. The van der Waals surface area contributed by atoms with Gasteiger partial charge in [0.2, 0.25) is 10.0 Å². The van der Waals surface area contributed by atoms with Crippen molar-refractivity contribution in [3.05, 3.63) is 52.5 Å². The number of halogens is 2. The molecule has 0 heterocycles. The van der Waals surface area contributed by atoms with Crippen LogP contribution in [0.25, 0.3) is 0 Å². The van der Waals surface area contributed by atoms with Crippen LogP contribution in [0.1, 0.15) is 0 Å². The molecular weight excluding hydrogens is 382 g/mol. The third-order valence-electron chi connectivity index (χ3n) is 2.18. The molecule has 0 atom stereocenters. The summed E-state index contributed by atoms with van der Waals surface area (Å²) in [7, 11) is -3.46. The molecule has 3 nitrogen and oxygen atoms in total. The molecule has 1 aromatic rings. The first-order chi connectivity index (χ1) is 8.62. The molecule has 1 rings (SSSR count). The highest BCUT2D eigenvalue weighted by atomic mass is 79.9. The third-order valence-corrected chi connectivity index (χ3v) is 4.77. The van der Waals surface area contributed by atoms with Crippen molar-refractivity contribution in [3.63, 3.8) is 0 Å². The van der Waals surface area contributed by atoms with E-state index in [0.29, 0.717) is 18.0 Å². The Hall–Kier alpha value is -0.430. The molecule has 0 unspecified atom stereocenters. The Morgan fingerprint density at radius 3 is 1.94 bits per heavy atom. The van der Waals surface area contributed by atoms with Gasteiger partial charge in [-0.2, -0.15) is 4.31 Å². The molecule has 6 heteroatoms. The maximum absolute atomic E-state index is 12.4. The van der Waals surface area contributed by atoms with E-state index in [1.54, 1.807) is 52.5 Å². The fraction of sp³-hybridized carbons (Fsp3) is 0.167. The Balaban J connectivity index is 3.03. The van der Waals surface area contributed by atoms with Crippen molar-refractivity contribution < 1.29 is 8.42 Å². The highest BCUT2D eigenvalue weighted by molar-refractivity contribution is 9.11. The molecule has 0 N–H and O–H groups in total. The summed E-state index contributed by atoms with van der Waals surface area (Å²) in [5.41, 5.74) is 0. The van der Waals surface area contributed by atoms with Crippen LogP contribution < -0.4 is 0 Å². The Bertz CT molecular complexity index is 498. The van der Waals surface area contributed by atoms with Gasteiger partial charge in [0.05, 0.1) is 4.90 Å². The second-order valence-corrected chi connectivity index (χ2v) is 6.35. The molecule has 0 fully saturated rings. The molecule has 0 saturated carbocycles. The molecular formula is C12H13Br2NO2S. The molecule has 18 heavy (non-hydrogen) atoms. The number of rotatable bonds is 6. The lowest BCUT2D eigenvalue weighted by atomic mass is 10.4. The van der Waals surface area contributed by atoms with Gasteiger partial charge < -0.3 is 0 Å². The van der Waals surface area contributed by atoms with Crippen LogP contribution in [0.5, 0.6) is 0 Å². The molecule has 0 aliphatic carbocycles. The molecule has 0 aliphatic rings. The first kappa shape index (κ1) is 15.6. The zero-order valence-electron chi connectivity index (χ0n) is 9.54. The Morgan fingerprint density at radius 1 is 1.00 bits per heavy atom. The molecule has 0 saturated heterocycles. The van der Waals surface area contributed by atoms with E-state index in [0.717, 1.165) is 0 Å². The van der Waals surface area contributed by atoms with Crippen molar-refractivity contribution in [2.75, 3.05) is 13.1 Å². The Labute approximate surface area is 124 Å². The number of hydrogen-bond donors (Lipinski definition) is 0. The number of benzene rings is 1. The van der Waals surface area contributed by atoms with Crippen molar-refractivity contribution in [1.29, 1.82) is 0 Å². The highest BCUT2D eigenvalue weighted by Crippen LogP contribution is 2.15. The summed E-state index contributed by atoms with van der Waals surface area (Å²) >= 11 is 6.28. The van der Waals surface area contributed by atoms with Gasteiger partial charge in [-0.25, -0.2) is 8.42 Å². The van der Waals surface area contributed by atoms with E-state index in [-0.39, 0.29) is 0 Å². The number of hydrogen-bond acceptors (Lipinski definition) is 2. The van der Waals surface area contributed by atoms with E-state index in [1.165, 1.54) is 4.31 Å². The second-order valence-electron chi connectivity index (χ2n) is 3.36.